The Balaban J connectivity index is 1.96. The Morgan fingerprint density at radius 1 is 1.53 bits per heavy atom. The van der Waals surface area contributed by atoms with E-state index in [2.05, 4.69) is 22.4 Å². The Morgan fingerprint density at radius 3 is 3.07 bits per heavy atom. The van der Waals surface area contributed by atoms with E-state index in [0.717, 1.165) is 34.6 Å². The number of aliphatic imine (C=N–C) groups is 1. The molecule has 1 aromatic rings. The molecular weight excluding hydrogens is 228 g/mol. The second kappa shape index (κ2) is 4.90. The fourth-order valence-electron chi connectivity index (χ4n) is 1.42. The van der Waals surface area contributed by atoms with Gasteiger partial charge in [0.2, 0.25) is 0 Å². The molecule has 0 unspecified atom stereocenters. The van der Waals surface area contributed by atoms with Gasteiger partial charge in [0.05, 0.1) is 6.54 Å². The van der Waals surface area contributed by atoms with Gasteiger partial charge in [-0.15, -0.1) is 0 Å². The molecule has 4 heteroatoms. The number of hydrogen-bond donors (Lipinski definition) is 1. The first-order chi connectivity index (χ1) is 7.25. The van der Waals surface area contributed by atoms with Gasteiger partial charge >= 0.3 is 0 Å². The van der Waals surface area contributed by atoms with Crippen molar-refractivity contribution in [1.82, 2.24) is 5.32 Å². The second-order valence-corrected chi connectivity index (χ2v) is 4.86. The van der Waals surface area contributed by atoms with Gasteiger partial charge in [0.15, 0.2) is 5.17 Å². The largest absolute Gasteiger partial charge is 0.363 e. The van der Waals surface area contributed by atoms with E-state index in [0.29, 0.717) is 0 Å². The lowest BCUT2D eigenvalue weighted by atomic mass is 10.2. The molecule has 0 fully saturated rings. The van der Waals surface area contributed by atoms with Crippen LogP contribution in [0.5, 0.6) is 0 Å². The Bertz CT molecular complexity index is 390. The number of rotatable bonds is 2. The summed E-state index contributed by atoms with van der Waals surface area (Å²) in [6, 6.07) is 6.15. The average molecular weight is 241 g/mol. The summed E-state index contributed by atoms with van der Waals surface area (Å²) < 4.78 is 0. The molecule has 0 amide bonds. The van der Waals surface area contributed by atoms with Gasteiger partial charge in [0.1, 0.15) is 0 Å². The van der Waals surface area contributed by atoms with E-state index >= 15 is 0 Å². The zero-order chi connectivity index (χ0) is 10.7. The first-order valence-electron chi connectivity index (χ1n) is 4.92. The van der Waals surface area contributed by atoms with E-state index in [1.54, 1.807) is 11.8 Å². The molecule has 1 aromatic carbocycles. The highest BCUT2D eigenvalue weighted by atomic mass is 35.5. The highest BCUT2D eigenvalue weighted by molar-refractivity contribution is 8.13. The Morgan fingerprint density at radius 2 is 2.40 bits per heavy atom. The molecule has 80 valence electrons. The summed E-state index contributed by atoms with van der Waals surface area (Å²) in [4.78, 5) is 4.33. The van der Waals surface area contributed by atoms with Gasteiger partial charge in [-0.1, -0.05) is 35.5 Å². The molecule has 0 bridgehead atoms. The highest BCUT2D eigenvalue weighted by Crippen LogP contribution is 2.20. The molecule has 2 nitrogen and oxygen atoms in total. The molecule has 0 radical (unpaired) electrons. The second-order valence-electron chi connectivity index (χ2n) is 3.49. The smallest absolute Gasteiger partial charge is 0.157 e. The summed E-state index contributed by atoms with van der Waals surface area (Å²) in [5, 5.41) is 5.13. The molecule has 0 saturated carbocycles. The van der Waals surface area contributed by atoms with Crippen molar-refractivity contribution in [3.05, 3.63) is 34.3 Å². The van der Waals surface area contributed by atoms with Crippen LogP contribution in [0.2, 0.25) is 5.02 Å². The highest BCUT2D eigenvalue weighted by Gasteiger charge is 2.06. The van der Waals surface area contributed by atoms with Gasteiger partial charge in [0, 0.05) is 17.3 Å². The Labute approximate surface area is 99.1 Å². The summed E-state index contributed by atoms with van der Waals surface area (Å²) in [5.74, 6) is 0.948. The van der Waals surface area contributed by atoms with Gasteiger partial charge in [-0.05, 0) is 24.1 Å². The molecule has 15 heavy (non-hydrogen) atoms. The van der Waals surface area contributed by atoms with Crippen molar-refractivity contribution < 1.29 is 0 Å². The Kier molecular flexibility index (Phi) is 3.54. The summed E-state index contributed by atoms with van der Waals surface area (Å²) >= 11 is 7.71. The summed E-state index contributed by atoms with van der Waals surface area (Å²) in [6.07, 6.45) is 0. The normalized spacial score (nSPS) is 14.9. The molecule has 0 atom stereocenters. The number of halogens is 1. The number of nitrogens with one attached hydrogen (secondary N) is 1. The number of hydrogen-bond acceptors (Lipinski definition) is 3. The maximum Gasteiger partial charge on any atom is 0.157 e. The van der Waals surface area contributed by atoms with Gasteiger partial charge < -0.3 is 5.32 Å². The van der Waals surface area contributed by atoms with Crippen LogP contribution in [0.4, 0.5) is 0 Å². The van der Waals surface area contributed by atoms with Gasteiger partial charge in [0.25, 0.3) is 0 Å². The van der Waals surface area contributed by atoms with Gasteiger partial charge in [-0.25, -0.2) is 0 Å². The molecule has 0 aromatic heterocycles. The standard InChI is InChI=1S/C11H13ClN2S/c1-8-6-9(2-3-10(8)12)7-15-11-13-4-5-14-11/h2-3,6H,4-5,7H2,1H3,(H,13,14). The van der Waals surface area contributed by atoms with Crippen molar-refractivity contribution >= 4 is 28.5 Å². The minimum Gasteiger partial charge on any atom is -0.363 e. The van der Waals surface area contributed by atoms with Crippen LogP contribution in [0, 0.1) is 6.92 Å². The lowest BCUT2D eigenvalue weighted by Crippen LogP contribution is -2.14. The fourth-order valence-corrected chi connectivity index (χ4v) is 2.41. The topological polar surface area (TPSA) is 24.4 Å². The van der Waals surface area contributed by atoms with Crippen molar-refractivity contribution in [2.24, 2.45) is 4.99 Å². The van der Waals surface area contributed by atoms with E-state index in [1.807, 2.05) is 13.0 Å². The van der Waals surface area contributed by atoms with Crippen LogP contribution in [-0.4, -0.2) is 18.3 Å². The van der Waals surface area contributed by atoms with E-state index in [-0.39, 0.29) is 0 Å². The fraction of sp³-hybridized carbons (Fsp3) is 0.364. The number of thioether (sulfide) groups is 1. The summed E-state index contributed by atoms with van der Waals surface area (Å²) in [7, 11) is 0. The number of benzene rings is 1. The molecule has 2 rings (SSSR count). The predicted octanol–water partition coefficient (Wildman–Crippen LogP) is 2.84. The maximum absolute atomic E-state index is 5.97. The third-order valence-corrected chi connectivity index (χ3v) is 3.69. The van der Waals surface area contributed by atoms with Crippen molar-refractivity contribution in [3.63, 3.8) is 0 Å². The predicted molar refractivity (Wildman–Crippen MR) is 67.8 cm³/mol. The number of aryl methyl sites for hydroxylation is 1. The minimum atomic E-state index is 0.833. The lowest BCUT2D eigenvalue weighted by Gasteiger charge is -2.04. The molecule has 1 N–H and O–H groups in total. The lowest BCUT2D eigenvalue weighted by molar-refractivity contribution is 0.963. The summed E-state index contributed by atoms with van der Waals surface area (Å²) in [5.41, 5.74) is 2.43. The minimum absolute atomic E-state index is 0.833. The Hall–Kier alpha value is -0.670. The van der Waals surface area contributed by atoms with E-state index in [9.17, 15) is 0 Å². The average Bonchev–Trinajstić information content (AvgIpc) is 2.73. The van der Waals surface area contributed by atoms with E-state index in [4.69, 9.17) is 11.6 Å². The zero-order valence-electron chi connectivity index (χ0n) is 8.59. The molecule has 0 spiro atoms. The number of amidine groups is 1. The molecule has 0 saturated heterocycles. The first-order valence-corrected chi connectivity index (χ1v) is 6.28. The molecule has 1 aliphatic rings. The van der Waals surface area contributed by atoms with E-state index in [1.165, 1.54) is 5.56 Å². The van der Waals surface area contributed by atoms with Crippen LogP contribution in [0.1, 0.15) is 11.1 Å². The van der Waals surface area contributed by atoms with Crippen molar-refractivity contribution in [3.8, 4) is 0 Å². The SMILES string of the molecule is Cc1cc(CSC2=NCCN2)ccc1Cl. The third-order valence-electron chi connectivity index (χ3n) is 2.24. The monoisotopic (exact) mass is 240 g/mol. The molecule has 0 aliphatic carbocycles. The van der Waals surface area contributed by atoms with Crippen LogP contribution in [0.15, 0.2) is 23.2 Å². The zero-order valence-corrected chi connectivity index (χ0v) is 10.2. The quantitative estimate of drug-likeness (QED) is 0.860. The van der Waals surface area contributed by atoms with Crippen LogP contribution in [0.25, 0.3) is 0 Å². The van der Waals surface area contributed by atoms with Gasteiger partial charge in [-0.2, -0.15) is 0 Å². The van der Waals surface area contributed by atoms with Gasteiger partial charge in [-0.3, -0.25) is 4.99 Å². The van der Waals surface area contributed by atoms with Crippen molar-refractivity contribution in [2.75, 3.05) is 13.1 Å². The number of nitrogens with zero attached hydrogens (tertiary/aromatic N) is 1. The van der Waals surface area contributed by atoms with E-state index < -0.39 is 0 Å². The molecule has 1 heterocycles. The first kappa shape index (κ1) is 10.8. The summed E-state index contributed by atoms with van der Waals surface area (Å²) in [6.45, 7) is 3.91. The molecular formula is C11H13ClN2S. The maximum atomic E-state index is 5.97. The van der Waals surface area contributed by atoms with Crippen LogP contribution < -0.4 is 5.32 Å². The van der Waals surface area contributed by atoms with Crippen molar-refractivity contribution in [1.29, 1.82) is 0 Å². The van der Waals surface area contributed by atoms with Crippen LogP contribution in [-0.2, 0) is 5.75 Å². The van der Waals surface area contributed by atoms with Crippen LogP contribution in [0.3, 0.4) is 0 Å². The van der Waals surface area contributed by atoms with Crippen molar-refractivity contribution in [2.45, 2.75) is 12.7 Å². The third kappa shape index (κ3) is 2.89. The molecule has 1 aliphatic heterocycles. The van der Waals surface area contributed by atoms with Crippen LogP contribution >= 0.6 is 23.4 Å².